The van der Waals surface area contributed by atoms with Crippen molar-refractivity contribution in [2.45, 2.75) is 0 Å². The molecule has 6 nitrogen and oxygen atoms in total. The molecule has 4 heterocycles. The third-order valence-electron chi connectivity index (χ3n) is 4.46. The first-order valence-electron chi connectivity index (χ1n) is 7.26. The van der Waals surface area contributed by atoms with Crippen LogP contribution in [0.1, 0.15) is 9.67 Å². The Morgan fingerprint density at radius 1 is 1.36 bits per heavy atom. The molecule has 2 fully saturated rings. The molecule has 0 saturated carbocycles. The topological polar surface area (TPSA) is 58.4 Å². The predicted octanol–water partition coefficient (Wildman–Crippen LogP) is 1.22. The largest absolute Gasteiger partial charge is 0.337 e. The maximum absolute atomic E-state index is 12.6. The minimum atomic E-state index is -0.0795. The molecule has 2 aromatic rings. The molecule has 0 aromatic carbocycles. The second kappa shape index (κ2) is 4.95. The summed E-state index contributed by atoms with van der Waals surface area (Å²) >= 11 is 1.45. The van der Waals surface area contributed by atoms with Crippen LogP contribution in [-0.2, 0) is 11.8 Å². The van der Waals surface area contributed by atoms with Crippen molar-refractivity contribution in [1.29, 1.82) is 0 Å². The third kappa shape index (κ3) is 2.04. The molecule has 0 aliphatic carbocycles. The number of aryl methyl sites for hydroxylation is 1. The van der Waals surface area contributed by atoms with E-state index in [0.717, 1.165) is 10.6 Å². The summed E-state index contributed by atoms with van der Waals surface area (Å²) in [5.74, 6) is 0.297. The van der Waals surface area contributed by atoms with Crippen LogP contribution in [0.4, 0.5) is 5.69 Å². The number of aromatic nitrogens is 2. The van der Waals surface area contributed by atoms with E-state index in [1.165, 1.54) is 11.3 Å². The zero-order valence-electron chi connectivity index (χ0n) is 12.2. The van der Waals surface area contributed by atoms with Crippen molar-refractivity contribution >= 4 is 28.8 Å². The molecule has 0 spiro atoms. The quantitative estimate of drug-likeness (QED) is 0.837. The van der Waals surface area contributed by atoms with Crippen LogP contribution in [-0.4, -0.2) is 46.1 Å². The van der Waals surface area contributed by atoms with Gasteiger partial charge in [0.25, 0.3) is 5.91 Å². The van der Waals surface area contributed by atoms with Gasteiger partial charge in [-0.05, 0) is 11.4 Å². The Morgan fingerprint density at radius 2 is 2.23 bits per heavy atom. The SMILES string of the molecule is Cn1cc(N2C[C@@H]3CN(C(=O)c4cccs4)C[C@@H]3C2=O)cn1. The van der Waals surface area contributed by atoms with E-state index < -0.39 is 0 Å². The van der Waals surface area contributed by atoms with E-state index >= 15 is 0 Å². The lowest BCUT2D eigenvalue weighted by Gasteiger charge is -2.20. The lowest BCUT2D eigenvalue weighted by molar-refractivity contribution is -0.120. The van der Waals surface area contributed by atoms with E-state index in [4.69, 9.17) is 0 Å². The number of carbonyl (C=O) groups excluding carboxylic acids is 2. The first-order chi connectivity index (χ1) is 10.6. The second-order valence-electron chi connectivity index (χ2n) is 5.88. The highest BCUT2D eigenvalue weighted by Crippen LogP contribution is 2.35. The Labute approximate surface area is 131 Å². The third-order valence-corrected chi connectivity index (χ3v) is 5.32. The molecule has 22 heavy (non-hydrogen) atoms. The first-order valence-corrected chi connectivity index (χ1v) is 8.14. The van der Waals surface area contributed by atoms with E-state index in [2.05, 4.69) is 5.10 Å². The summed E-state index contributed by atoms with van der Waals surface area (Å²) in [6.45, 7) is 1.85. The van der Waals surface area contributed by atoms with Gasteiger partial charge in [0.05, 0.1) is 22.7 Å². The van der Waals surface area contributed by atoms with Gasteiger partial charge in [-0.3, -0.25) is 14.3 Å². The number of fused-ring (bicyclic) bond motifs is 1. The second-order valence-corrected chi connectivity index (χ2v) is 6.82. The van der Waals surface area contributed by atoms with Crippen molar-refractivity contribution in [2.75, 3.05) is 24.5 Å². The van der Waals surface area contributed by atoms with Crippen molar-refractivity contribution in [2.24, 2.45) is 18.9 Å². The number of nitrogens with zero attached hydrogens (tertiary/aromatic N) is 4. The highest BCUT2D eigenvalue weighted by molar-refractivity contribution is 7.12. The number of hydrogen-bond donors (Lipinski definition) is 0. The number of amides is 2. The average molecular weight is 316 g/mol. The lowest BCUT2D eigenvalue weighted by Crippen LogP contribution is -2.35. The molecule has 7 heteroatoms. The highest BCUT2D eigenvalue weighted by Gasteiger charge is 2.48. The Hall–Kier alpha value is -2.15. The van der Waals surface area contributed by atoms with Crippen molar-refractivity contribution in [1.82, 2.24) is 14.7 Å². The normalized spacial score (nSPS) is 24.1. The Kier molecular flexibility index (Phi) is 3.04. The summed E-state index contributed by atoms with van der Waals surface area (Å²) in [7, 11) is 1.84. The number of rotatable bonds is 2. The standard InChI is InChI=1S/C15H16N4O2S/c1-17-8-11(5-16-17)19-7-10-6-18(9-12(10)14(19)20)15(21)13-3-2-4-22-13/h2-5,8,10,12H,6-7,9H2,1H3/t10-,12-/m0/s1. The molecular formula is C15H16N4O2S. The molecule has 0 unspecified atom stereocenters. The lowest BCUT2D eigenvalue weighted by atomic mass is 10.0. The van der Waals surface area contributed by atoms with E-state index in [-0.39, 0.29) is 23.7 Å². The summed E-state index contributed by atoms with van der Waals surface area (Å²) in [5.41, 5.74) is 0.845. The summed E-state index contributed by atoms with van der Waals surface area (Å²) in [6.07, 6.45) is 3.57. The molecule has 2 atom stereocenters. The van der Waals surface area contributed by atoms with Gasteiger partial charge in [-0.15, -0.1) is 11.3 Å². The number of likely N-dealkylation sites (tertiary alicyclic amines) is 1. The van der Waals surface area contributed by atoms with Gasteiger partial charge < -0.3 is 9.80 Å². The van der Waals surface area contributed by atoms with Gasteiger partial charge in [0.1, 0.15) is 0 Å². The fourth-order valence-electron chi connectivity index (χ4n) is 3.36. The summed E-state index contributed by atoms with van der Waals surface area (Å²) in [6, 6.07) is 3.72. The van der Waals surface area contributed by atoms with Gasteiger partial charge in [0.2, 0.25) is 5.91 Å². The molecule has 114 valence electrons. The number of anilines is 1. The Morgan fingerprint density at radius 3 is 2.86 bits per heavy atom. The van der Waals surface area contributed by atoms with Gasteiger partial charge in [0, 0.05) is 38.8 Å². The summed E-state index contributed by atoms with van der Waals surface area (Å²) in [4.78, 5) is 29.4. The van der Waals surface area contributed by atoms with Crippen LogP contribution in [0.5, 0.6) is 0 Å². The van der Waals surface area contributed by atoms with E-state index in [1.54, 1.807) is 15.8 Å². The maximum atomic E-state index is 12.6. The van der Waals surface area contributed by atoms with Gasteiger partial charge in [-0.2, -0.15) is 5.10 Å². The molecule has 0 N–H and O–H groups in total. The van der Waals surface area contributed by atoms with Crippen LogP contribution in [0.15, 0.2) is 29.9 Å². The smallest absolute Gasteiger partial charge is 0.263 e. The molecule has 2 aliphatic rings. The van der Waals surface area contributed by atoms with Crippen LogP contribution < -0.4 is 4.90 Å². The van der Waals surface area contributed by atoms with Crippen LogP contribution >= 0.6 is 11.3 Å². The van der Waals surface area contributed by atoms with Gasteiger partial charge in [-0.1, -0.05) is 6.07 Å². The van der Waals surface area contributed by atoms with Crippen molar-refractivity contribution in [3.63, 3.8) is 0 Å². The van der Waals surface area contributed by atoms with Gasteiger partial charge in [0.15, 0.2) is 0 Å². The molecular weight excluding hydrogens is 300 g/mol. The maximum Gasteiger partial charge on any atom is 0.263 e. The van der Waals surface area contributed by atoms with Crippen molar-refractivity contribution < 1.29 is 9.59 Å². The first kappa shape index (κ1) is 13.5. The monoisotopic (exact) mass is 316 g/mol. The minimum Gasteiger partial charge on any atom is -0.337 e. The van der Waals surface area contributed by atoms with Gasteiger partial charge >= 0.3 is 0 Å². The number of thiophene rings is 1. The molecule has 2 aliphatic heterocycles. The average Bonchev–Trinajstić information content (AvgIpc) is 3.24. The van der Waals surface area contributed by atoms with E-state index in [1.807, 2.05) is 35.7 Å². The molecule has 0 radical (unpaired) electrons. The minimum absolute atomic E-state index is 0.0464. The summed E-state index contributed by atoms with van der Waals surface area (Å²) in [5, 5.41) is 6.03. The van der Waals surface area contributed by atoms with Crippen LogP contribution in [0.25, 0.3) is 0 Å². The molecule has 2 amide bonds. The van der Waals surface area contributed by atoms with Crippen molar-refractivity contribution in [3.05, 3.63) is 34.8 Å². The Balaban J connectivity index is 1.49. The number of hydrogen-bond acceptors (Lipinski definition) is 4. The highest BCUT2D eigenvalue weighted by atomic mass is 32.1. The zero-order chi connectivity index (χ0) is 15.3. The predicted molar refractivity (Wildman–Crippen MR) is 82.8 cm³/mol. The summed E-state index contributed by atoms with van der Waals surface area (Å²) < 4.78 is 1.70. The molecule has 2 aromatic heterocycles. The molecule has 0 bridgehead atoms. The van der Waals surface area contributed by atoms with Crippen LogP contribution in [0.2, 0.25) is 0 Å². The van der Waals surface area contributed by atoms with E-state index in [0.29, 0.717) is 19.6 Å². The van der Waals surface area contributed by atoms with E-state index in [9.17, 15) is 9.59 Å². The molecule has 4 rings (SSSR count). The Bertz CT molecular complexity index is 724. The zero-order valence-corrected chi connectivity index (χ0v) is 13.0. The van der Waals surface area contributed by atoms with Gasteiger partial charge in [-0.25, -0.2) is 0 Å². The molecule has 2 saturated heterocycles. The van der Waals surface area contributed by atoms with Crippen molar-refractivity contribution in [3.8, 4) is 0 Å². The fraction of sp³-hybridized carbons (Fsp3) is 0.400. The van der Waals surface area contributed by atoms with Crippen LogP contribution in [0.3, 0.4) is 0 Å². The number of carbonyl (C=O) groups is 2. The van der Waals surface area contributed by atoms with Crippen LogP contribution in [0, 0.1) is 11.8 Å². The fourth-order valence-corrected chi connectivity index (χ4v) is 4.05.